The Kier molecular flexibility index (Phi) is 5.45. The third-order valence-electron chi connectivity index (χ3n) is 5.25. The van der Waals surface area contributed by atoms with Crippen LogP contribution in [0.15, 0.2) is 78.9 Å². The number of fused-ring (bicyclic) bond motifs is 1. The monoisotopic (exact) mass is 423 g/mol. The first-order valence-electron chi connectivity index (χ1n) is 10.3. The molecule has 0 aliphatic rings. The van der Waals surface area contributed by atoms with Gasteiger partial charge in [0.2, 0.25) is 5.82 Å². The van der Waals surface area contributed by atoms with Gasteiger partial charge in [-0.3, -0.25) is 0 Å². The molecule has 2 aromatic heterocycles. The summed E-state index contributed by atoms with van der Waals surface area (Å²) in [4.78, 5) is 4.65. The highest BCUT2D eigenvalue weighted by atomic mass is 16.5. The average molecular weight is 423 g/mol. The normalized spacial score (nSPS) is 10.9. The predicted octanol–water partition coefficient (Wildman–Crippen LogP) is 4.59. The van der Waals surface area contributed by atoms with E-state index in [-0.39, 0.29) is 0 Å². The van der Waals surface area contributed by atoms with Crippen LogP contribution >= 0.6 is 0 Å². The van der Waals surface area contributed by atoms with Crippen LogP contribution in [0.25, 0.3) is 22.3 Å². The molecule has 0 amide bonds. The molecular weight excluding hydrogens is 402 g/mol. The van der Waals surface area contributed by atoms with Crippen molar-refractivity contribution in [1.82, 2.24) is 25.6 Å². The third-order valence-corrected chi connectivity index (χ3v) is 5.25. The molecule has 7 nitrogen and oxygen atoms in total. The van der Waals surface area contributed by atoms with Crippen molar-refractivity contribution in [2.75, 3.05) is 7.11 Å². The molecule has 0 bridgehead atoms. The number of pyridine rings is 1. The summed E-state index contributed by atoms with van der Waals surface area (Å²) in [5, 5.41) is 15.2. The topological polar surface area (TPSA) is 85.8 Å². The van der Waals surface area contributed by atoms with Crippen LogP contribution in [0.5, 0.6) is 11.5 Å². The fraction of sp³-hybridized carbons (Fsp3) is 0.120. The highest BCUT2D eigenvalue weighted by Gasteiger charge is 2.10. The van der Waals surface area contributed by atoms with E-state index in [1.54, 1.807) is 7.11 Å². The zero-order valence-electron chi connectivity index (χ0n) is 17.5. The molecule has 0 atom stereocenters. The van der Waals surface area contributed by atoms with Crippen LogP contribution in [-0.2, 0) is 13.0 Å². The average Bonchev–Trinajstić information content (AvgIpc) is 3.39. The SMILES string of the molecule is COc1cc(-c2nn[nH]n2)ccc1Cc1ccc(OCc2ccc3ccccc3n2)cc1. The van der Waals surface area contributed by atoms with E-state index in [1.807, 2.05) is 54.6 Å². The van der Waals surface area contributed by atoms with Crippen LogP contribution in [0.1, 0.15) is 16.8 Å². The van der Waals surface area contributed by atoms with Gasteiger partial charge in [0.1, 0.15) is 18.1 Å². The number of benzene rings is 3. The number of tetrazole rings is 1. The van der Waals surface area contributed by atoms with Gasteiger partial charge in [-0.2, -0.15) is 5.21 Å². The van der Waals surface area contributed by atoms with Crippen molar-refractivity contribution in [3.8, 4) is 22.9 Å². The van der Waals surface area contributed by atoms with Gasteiger partial charge in [-0.1, -0.05) is 48.5 Å². The summed E-state index contributed by atoms with van der Waals surface area (Å²) >= 11 is 0. The maximum absolute atomic E-state index is 5.94. The summed E-state index contributed by atoms with van der Waals surface area (Å²) in [6.07, 6.45) is 0.738. The lowest BCUT2D eigenvalue weighted by molar-refractivity contribution is 0.301. The zero-order valence-corrected chi connectivity index (χ0v) is 17.5. The van der Waals surface area contributed by atoms with Gasteiger partial charge in [0, 0.05) is 17.4 Å². The summed E-state index contributed by atoms with van der Waals surface area (Å²) in [6.45, 7) is 0.426. The predicted molar refractivity (Wildman–Crippen MR) is 121 cm³/mol. The van der Waals surface area contributed by atoms with E-state index in [0.29, 0.717) is 12.4 Å². The fourth-order valence-corrected chi connectivity index (χ4v) is 3.58. The second-order valence-electron chi connectivity index (χ2n) is 7.37. The summed E-state index contributed by atoms with van der Waals surface area (Å²) in [5.41, 5.74) is 4.97. The molecule has 7 heteroatoms. The van der Waals surface area contributed by atoms with Gasteiger partial charge in [0.25, 0.3) is 0 Å². The van der Waals surface area contributed by atoms with Gasteiger partial charge in [-0.15, -0.1) is 10.2 Å². The van der Waals surface area contributed by atoms with Crippen LogP contribution < -0.4 is 9.47 Å². The number of aromatic amines is 1. The number of aromatic nitrogens is 5. The second-order valence-corrected chi connectivity index (χ2v) is 7.37. The Hall–Kier alpha value is -4.26. The van der Waals surface area contributed by atoms with Gasteiger partial charge < -0.3 is 9.47 Å². The highest BCUT2D eigenvalue weighted by molar-refractivity contribution is 5.78. The Balaban J connectivity index is 1.25. The molecule has 158 valence electrons. The molecular formula is C25H21N5O2. The second kappa shape index (κ2) is 8.85. The Morgan fingerprint density at radius 3 is 2.59 bits per heavy atom. The molecule has 1 N–H and O–H groups in total. The molecule has 0 radical (unpaired) electrons. The van der Waals surface area contributed by atoms with E-state index in [2.05, 4.69) is 49.9 Å². The number of para-hydroxylation sites is 1. The zero-order chi connectivity index (χ0) is 21.8. The number of hydrogen-bond donors (Lipinski definition) is 1. The molecule has 0 unspecified atom stereocenters. The van der Waals surface area contributed by atoms with Crippen molar-refractivity contribution in [3.05, 3.63) is 95.7 Å². The van der Waals surface area contributed by atoms with Gasteiger partial charge in [0.15, 0.2) is 0 Å². The molecule has 0 aliphatic carbocycles. The lowest BCUT2D eigenvalue weighted by Crippen LogP contribution is -1.99. The summed E-state index contributed by atoms with van der Waals surface area (Å²) in [7, 11) is 1.66. The lowest BCUT2D eigenvalue weighted by atomic mass is 10.0. The number of nitrogens with zero attached hydrogens (tertiary/aromatic N) is 4. The Morgan fingerprint density at radius 2 is 1.78 bits per heavy atom. The number of rotatable bonds is 7. The van der Waals surface area contributed by atoms with Crippen LogP contribution in [0.2, 0.25) is 0 Å². The molecule has 5 aromatic rings. The number of ether oxygens (including phenoxy) is 2. The highest BCUT2D eigenvalue weighted by Crippen LogP contribution is 2.27. The van der Waals surface area contributed by atoms with E-state index in [0.717, 1.165) is 51.2 Å². The van der Waals surface area contributed by atoms with E-state index in [1.165, 1.54) is 0 Å². The van der Waals surface area contributed by atoms with Crippen molar-refractivity contribution in [2.45, 2.75) is 13.0 Å². The quantitative estimate of drug-likeness (QED) is 0.412. The van der Waals surface area contributed by atoms with E-state index in [4.69, 9.17) is 9.47 Å². The van der Waals surface area contributed by atoms with Gasteiger partial charge in [-0.25, -0.2) is 4.98 Å². The van der Waals surface area contributed by atoms with Gasteiger partial charge >= 0.3 is 0 Å². The molecule has 0 fully saturated rings. The maximum Gasteiger partial charge on any atom is 0.204 e. The summed E-state index contributed by atoms with van der Waals surface area (Å²) < 4.78 is 11.5. The molecule has 32 heavy (non-hydrogen) atoms. The molecule has 5 rings (SSSR count). The van der Waals surface area contributed by atoms with E-state index in [9.17, 15) is 0 Å². The Labute approximate surface area is 185 Å². The molecule has 0 saturated heterocycles. The first-order chi connectivity index (χ1) is 15.8. The third kappa shape index (κ3) is 4.27. The van der Waals surface area contributed by atoms with Crippen molar-refractivity contribution in [2.24, 2.45) is 0 Å². The van der Waals surface area contributed by atoms with Crippen LogP contribution in [0.3, 0.4) is 0 Å². The largest absolute Gasteiger partial charge is 0.496 e. The van der Waals surface area contributed by atoms with Crippen LogP contribution in [0.4, 0.5) is 0 Å². The van der Waals surface area contributed by atoms with E-state index < -0.39 is 0 Å². The van der Waals surface area contributed by atoms with Crippen molar-refractivity contribution in [3.63, 3.8) is 0 Å². The van der Waals surface area contributed by atoms with Crippen LogP contribution in [-0.4, -0.2) is 32.7 Å². The van der Waals surface area contributed by atoms with Gasteiger partial charge in [-0.05, 0) is 46.7 Å². The number of hydrogen-bond acceptors (Lipinski definition) is 6. The van der Waals surface area contributed by atoms with Crippen LogP contribution in [0, 0.1) is 0 Å². The Morgan fingerprint density at radius 1 is 0.906 bits per heavy atom. The first-order valence-corrected chi connectivity index (χ1v) is 10.3. The minimum absolute atomic E-state index is 0.426. The number of methoxy groups -OCH3 is 1. The minimum Gasteiger partial charge on any atom is -0.496 e. The first kappa shape index (κ1) is 19.7. The molecule has 3 aromatic carbocycles. The van der Waals surface area contributed by atoms with Crippen molar-refractivity contribution >= 4 is 10.9 Å². The smallest absolute Gasteiger partial charge is 0.204 e. The van der Waals surface area contributed by atoms with E-state index >= 15 is 0 Å². The number of H-pyrrole nitrogens is 1. The van der Waals surface area contributed by atoms with Crippen molar-refractivity contribution < 1.29 is 9.47 Å². The molecule has 0 aliphatic heterocycles. The summed E-state index contributed by atoms with van der Waals surface area (Å²) in [5.74, 6) is 2.13. The lowest BCUT2D eigenvalue weighted by Gasteiger charge is -2.11. The molecule has 0 spiro atoms. The fourth-order valence-electron chi connectivity index (χ4n) is 3.58. The van der Waals surface area contributed by atoms with Crippen molar-refractivity contribution in [1.29, 1.82) is 0 Å². The number of nitrogens with one attached hydrogen (secondary N) is 1. The Bertz CT molecular complexity index is 1330. The maximum atomic E-state index is 5.94. The minimum atomic E-state index is 0.426. The molecule has 2 heterocycles. The van der Waals surface area contributed by atoms with Gasteiger partial charge in [0.05, 0.1) is 18.3 Å². The summed E-state index contributed by atoms with van der Waals surface area (Å²) in [6, 6.07) is 26.2. The standard InChI is InChI=1S/C25H21N5O2/c1-31-24-15-20(25-27-29-30-28-25)9-8-19(24)14-17-6-12-22(13-7-17)32-16-21-11-10-18-4-2-3-5-23(18)26-21/h2-13,15H,14,16H2,1H3,(H,27,28,29,30). The molecule has 0 saturated carbocycles.